The van der Waals surface area contributed by atoms with Crippen molar-refractivity contribution in [2.45, 2.75) is 4.90 Å². The van der Waals surface area contributed by atoms with Crippen molar-refractivity contribution in [2.24, 2.45) is 0 Å². The number of aromatic nitrogens is 1. The fourth-order valence-corrected chi connectivity index (χ4v) is 4.78. The number of anilines is 1. The quantitative estimate of drug-likeness (QED) is 0.685. The van der Waals surface area contributed by atoms with E-state index in [1.165, 1.54) is 16.4 Å². The summed E-state index contributed by atoms with van der Waals surface area (Å²) in [6.07, 6.45) is 1.58. The standard InChI is InChI=1S/C20H18ClN3O4S/c21-15-4-5-17-18(6-7-22-19(17)13-15)23-20(25)14-2-1-3-16(12-14)29(26,27)24-8-10-28-11-9-24/h1-7,12-13H,8-11H2,(H,22,23,25). The fourth-order valence-electron chi connectivity index (χ4n) is 3.16. The Morgan fingerprint density at radius 2 is 1.90 bits per heavy atom. The largest absolute Gasteiger partial charge is 0.379 e. The summed E-state index contributed by atoms with van der Waals surface area (Å²) in [6.45, 7) is 1.31. The molecule has 1 aliphatic heterocycles. The Balaban J connectivity index is 1.61. The Labute approximate surface area is 173 Å². The number of benzene rings is 2. The number of nitrogens with one attached hydrogen (secondary N) is 1. The molecule has 9 heteroatoms. The summed E-state index contributed by atoms with van der Waals surface area (Å²) >= 11 is 6.00. The topological polar surface area (TPSA) is 88.6 Å². The van der Waals surface area contributed by atoms with Crippen molar-refractivity contribution >= 4 is 44.1 Å². The first-order valence-corrected chi connectivity index (χ1v) is 10.8. The molecule has 1 amide bonds. The minimum atomic E-state index is -3.68. The number of pyridine rings is 1. The summed E-state index contributed by atoms with van der Waals surface area (Å²) in [5.74, 6) is -0.411. The molecule has 7 nitrogen and oxygen atoms in total. The highest BCUT2D eigenvalue weighted by Gasteiger charge is 2.27. The van der Waals surface area contributed by atoms with Crippen molar-refractivity contribution in [1.29, 1.82) is 0 Å². The molecule has 1 aliphatic rings. The van der Waals surface area contributed by atoms with Crippen LogP contribution in [0, 0.1) is 0 Å². The first kappa shape index (κ1) is 19.8. The zero-order valence-corrected chi connectivity index (χ0v) is 16.9. The van der Waals surface area contributed by atoms with E-state index in [4.69, 9.17) is 16.3 Å². The molecule has 0 unspecified atom stereocenters. The van der Waals surface area contributed by atoms with Crippen LogP contribution in [0.4, 0.5) is 5.69 Å². The lowest BCUT2D eigenvalue weighted by Gasteiger charge is -2.26. The lowest BCUT2D eigenvalue weighted by Crippen LogP contribution is -2.40. The Hall–Kier alpha value is -2.52. The minimum Gasteiger partial charge on any atom is -0.379 e. The maximum atomic E-state index is 12.8. The van der Waals surface area contributed by atoms with Gasteiger partial charge in [0.25, 0.3) is 5.91 Å². The first-order chi connectivity index (χ1) is 13.9. The van der Waals surface area contributed by atoms with Crippen LogP contribution in [0.1, 0.15) is 10.4 Å². The van der Waals surface area contributed by atoms with Crippen LogP contribution in [0.2, 0.25) is 5.02 Å². The molecule has 0 bridgehead atoms. The smallest absolute Gasteiger partial charge is 0.255 e. The molecule has 3 aromatic rings. The highest BCUT2D eigenvalue weighted by Crippen LogP contribution is 2.25. The summed E-state index contributed by atoms with van der Waals surface area (Å²) in [6, 6.07) is 12.9. The zero-order chi connectivity index (χ0) is 20.4. The Kier molecular flexibility index (Phi) is 5.51. The molecule has 2 heterocycles. The molecule has 0 atom stereocenters. The number of hydrogen-bond acceptors (Lipinski definition) is 5. The van der Waals surface area contributed by atoms with Gasteiger partial charge in [0.05, 0.1) is 29.3 Å². The summed E-state index contributed by atoms with van der Waals surface area (Å²) in [5.41, 5.74) is 1.47. The van der Waals surface area contributed by atoms with Crippen LogP contribution in [-0.4, -0.2) is 49.9 Å². The molecule has 0 aliphatic carbocycles. The molecule has 1 N–H and O–H groups in total. The molecule has 4 rings (SSSR count). The molecule has 29 heavy (non-hydrogen) atoms. The van der Waals surface area contributed by atoms with Gasteiger partial charge in [-0.15, -0.1) is 0 Å². The third kappa shape index (κ3) is 4.11. The fraction of sp³-hybridized carbons (Fsp3) is 0.200. The van der Waals surface area contributed by atoms with Crippen molar-refractivity contribution in [3.8, 4) is 0 Å². The van der Waals surface area contributed by atoms with Crippen LogP contribution in [-0.2, 0) is 14.8 Å². The lowest BCUT2D eigenvalue weighted by atomic mass is 10.1. The number of fused-ring (bicyclic) bond motifs is 1. The number of rotatable bonds is 4. The second-order valence-electron chi connectivity index (χ2n) is 6.52. The number of carbonyl (C=O) groups is 1. The number of halogens is 1. The second-order valence-corrected chi connectivity index (χ2v) is 8.89. The maximum Gasteiger partial charge on any atom is 0.255 e. The van der Waals surface area contributed by atoms with E-state index in [2.05, 4.69) is 10.3 Å². The average molecular weight is 432 g/mol. The Morgan fingerprint density at radius 1 is 1.10 bits per heavy atom. The van der Waals surface area contributed by atoms with Gasteiger partial charge in [-0.3, -0.25) is 9.78 Å². The van der Waals surface area contributed by atoms with Crippen molar-refractivity contribution in [2.75, 3.05) is 31.6 Å². The van der Waals surface area contributed by atoms with E-state index in [-0.39, 0.29) is 10.5 Å². The second kappa shape index (κ2) is 8.08. The van der Waals surface area contributed by atoms with Gasteiger partial charge in [-0.05, 0) is 42.5 Å². The molecule has 150 valence electrons. The van der Waals surface area contributed by atoms with Crippen LogP contribution in [0.3, 0.4) is 0 Å². The van der Waals surface area contributed by atoms with E-state index >= 15 is 0 Å². The van der Waals surface area contributed by atoms with Gasteiger partial charge in [0.2, 0.25) is 10.0 Å². The number of ether oxygens (including phenoxy) is 1. The van der Waals surface area contributed by atoms with E-state index in [9.17, 15) is 13.2 Å². The summed E-state index contributed by atoms with van der Waals surface area (Å²) in [5, 5.41) is 4.12. The summed E-state index contributed by atoms with van der Waals surface area (Å²) in [4.78, 5) is 17.1. The van der Waals surface area contributed by atoms with Crippen LogP contribution in [0.25, 0.3) is 10.9 Å². The number of morpholine rings is 1. The normalized spacial score (nSPS) is 15.3. The predicted molar refractivity (Wildman–Crippen MR) is 111 cm³/mol. The highest BCUT2D eigenvalue weighted by atomic mass is 35.5. The Morgan fingerprint density at radius 3 is 2.69 bits per heavy atom. The van der Waals surface area contributed by atoms with Crippen LogP contribution in [0.5, 0.6) is 0 Å². The SMILES string of the molecule is O=C(Nc1ccnc2cc(Cl)ccc12)c1cccc(S(=O)(=O)N2CCOCC2)c1. The molecule has 1 saturated heterocycles. The molecular formula is C20H18ClN3O4S. The predicted octanol–water partition coefficient (Wildman–Crippen LogP) is 3.16. The van der Waals surface area contributed by atoms with Gasteiger partial charge in [0.1, 0.15) is 0 Å². The minimum absolute atomic E-state index is 0.0819. The van der Waals surface area contributed by atoms with Gasteiger partial charge in [-0.1, -0.05) is 17.7 Å². The van der Waals surface area contributed by atoms with Gasteiger partial charge in [-0.25, -0.2) is 8.42 Å². The molecule has 0 saturated carbocycles. The van der Waals surface area contributed by atoms with Crippen molar-refractivity contribution < 1.29 is 17.9 Å². The third-order valence-corrected chi connectivity index (χ3v) is 6.79. The molecule has 2 aromatic carbocycles. The van der Waals surface area contributed by atoms with E-state index in [0.29, 0.717) is 42.5 Å². The van der Waals surface area contributed by atoms with Gasteiger partial charge in [-0.2, -0.15) is 4.31 Å². The average Bonchev–Trinajstić information content (AvgIpc) is 2.74. The van der Waals surface area contributed by atoms with Gasteiger partial charge < -0.3 is 10.1 Å². The van der Waals surface area contributed by atoms with Gasteiger partial charge in [0, 0.05) is 35.3 Å². The number of hydrogen-bond donors (Lipinski definition) is 1. The summed E-state index contributed by atoms with van der Waals surface area (Å²) in [7, 11) is -3.68. The molecule has 0 spiro atoms. The van der Waals surface area contributed by atoms with Gasteiger partial charge in [0.15, 0.2) is 0 Å². The molecule has 1 aromatic heterocycles. The van der Waals surface area contributed by atoms with E-state index in [1.54, 1.807) is 42.6 Å². The van der Waals surface area contributed by atoms with Crippen molar-refractivity contribution in [3.05, 3.63) is 65.3 Å². The number of carbonyl (C=O) groups excluding carboxylic acids is 1. The van der Waals surface area contributed by atoms with Crippen molar-refractivity contribution in [3.63, 3.8) is 0 Å². The zero-order valence-electron chi connectivity index (χ0n) is 15.3. The lowest BCUT2D eigenvalue weighted by molar-refractivity contribution is 0.0730. The third-order valence-electron chi connectivity index (χ3n) is 4.66. The number of sulfonamides is 1. The van der Waals surface area contributed by atoms with Crippen LogP contribution in [0.15, 0.2) is 59.6 Å². The molecular weight excluding hydrogens is 414 g/mol. The van der Waals surface area contributed by atoms with E-state index in [1.807, 2.05) is 0 Å². The number of nitrogens with zero attached hydrogens (tertiary/aromatic N) is 2. The monoisotopic (exact) mass is 431 g/mol. The maximum absolute atomic E-state index is 12.8. The summed E-state index contributed by atoms with van der Waals surface area (Å²) < 4.78 is 32.3. The van der Waals surface area contributed by atoms with E-state index < -0.39 is 15.9 Å². The van der Waals surface area contributed by atoms with Gasteiger partial charge >= 0.3 is 0 Å². The van der Waals surface area contributed by atoms with Crippen LogP contribution < -0.4 is 5.32 Å². The molecule has 1 fully saturated rings. The Bertz CT molecular complexity index is 1180. The molecule has 0 radical (unpaired) electrons. The van der Waals surface area contributed by atoms with Crippen LogP contribution >= 0.6 is 11.6 Å². The van der Waals surface area contributed by atoms with E-state index in [0.717, 1.165) is 5.39 Å². The first-order valence-electron chi connectivity index (χ1n) is 8.99. The van der Waals surface area contributed by atoms with Crippen molar-refractivity contribution in [1.82, 2.24) is 9.29 Å². The number of amides is 1. The highest BCUT2D eigenvalue weighted by molar-refractivity contribution is 7.89.